The number of ether oxygens (including phenoxy) is 2. The third-order valence-corrected chi connectivity index (χ3v) is 18.0. The minimum atomic E-state index is -1.77. The highest BCUT2D eigenvalue weighted by Crippen LogP contribution is 2.74. The van der Waals surface area contributed by atoms with Gasteiger partial charge in [0.2, 0.25) is 0 Å². The largest absolute Gasteiger partial charge is 0.458 e. The predicted octanol–water partition coefficient (Wildman–Crippen LogP) is 8.30. The first-order chi connectivity index (χ1) is 30.3. The van der Waals surface area contributed by atoms with E-state index in [-0.39, 0.29) is 49.2 Å². The maximum atomic E-state index is 15.6. The van der Waals surface area contributed by atoms with Crippen molar-refractivity contribution in [3.8, 4) is 11.8 Å². The van der Waals surface area contributed by atoms with Crippen LogP contribution in [-0.2, 0) is 31.9 Å². The summed E-state index contributed by atoms with van der Waals surface area (Å²) >= 11 is 0. The number of carbonyl (C=O) groups excluding carboxylic acids is 2. The number of esters is 2. The molecule has 3 aliphatic heterocycles. The average molecular weight is 861 g/mol. The molecule has 2 spiro atoms. The van der Waals surface area contributed by atoms with Gasteiger partial charge >= 0.3 is 11.9 Å². The number of fused-ring (bicyclic) bond motifs is 3. The van der Waals surface area contributed by atoms with Crippen LogP contribution in [0.25, 0.3) is 0 Å². The normalized spacial score (nSPS) is 40.3. The van der Waals surface area contributed by atoms with Crippen molar-refractivity contribution in [1.82, 2.24) is 10.9 Å². The molecule has 63 heavy (non-hydrogen) atoms. The summed E-state index contributed by atoms with van der Waals surface area (Å²) in [5.41, 5.74) is 3.47. The summed E-state index contributed by atoms with van der Waals surface area (Å²) < 4.78 is 12.7. The van der Waals surface area contributed by atoms with Crippen LogP contribution in [0.15, 0.2) is 72.3 Å². The van der Waals surface area contributed by atoms with Crippen LogP contribution < -0.4 is 10.9 Å². The number of benzene rings is 2. The van der Waals surface area contributed by atoms with Gasteiger partial charge in [-0.15, -0.1) is 5.92 Å². The molecule has 2 aromatic carbocycles. The highest BCUT2D eigenvalue weighted by atomic mass is 16.6. The SMILES string of the molecule is CC(CCCc1ccccc1)CCC(O)C12C(O)CCC3(C)C4CCCC4NNC4(CC(C)(C#CCC5(CCCC(Cc6ccccc6)C5)C(=O)O4)C1(O)CCC1=CC(=O)OC1)C32. The van der Waals surface area contributed by atoms with Gasteiger partial charge in [-0.3, -0.25) is 10.2 Å². The summed E-state index contributed by atoms with van der Waals surface area (Å²) in [5.74, 6) is 6.64. The Bertz CT molecular complexity index is 2080. The number of aliphatic hydroxyl groups is 3. The second kappa shape index (κ2) is 17.4. The summed E-state index contributed by atoms with van der Waals surface area (Å²) in [6.45, 7) is 6.69. The minimum absolute atomic E-state index is 0.0900. The lowest BCUT2D eigenvalue weighted by Crippen LogP contribution is -2.84. The average Bonchev–Trinajstić information content (AvgIpc) is 3.92. The fourth-order valence-corrected chi connectivity index (χ4v) is 15.1. The Kier molecular flexibility index (Phi) is 12.3. The first-order valence-electron chi connectivity index (χ1n) is 24.5. The molecule has 13 unspecified atom stereocenters. The topological polar surface area (TPSA) is 137 Å². The van der Waals surface area contributed by atoms with Crippen LogP contribution in [0.4, 0.5) is 0 Å². The van der Waals surface area contributed by atoms with Crippen LogP contribution >= 0.6 is 0 Å². The number of hydrazine groups is 1. The number of aliphatic hydroxyl groups excluding tert-OH is 2. The van der Waals surface area contributed by atoms with Gasteiger partial charge in [0, 0.05) is 30.9 Å². The van der Waals surface area contributed by atoms with Crippen molar-refractivity contribution >= 4 is 11.9 Å². The van der Waals surface area contributed by atoms with Crippen molar-refractivity contribution in [3.63, 3.8) is 0 Å². The molecule has 340 valence electrons. The lowest BCUT2D eigenvalue weighted by atomic mass is 9.34. The number of hydrogen-bond acceptors (Lipinski definition) is 9. The van der Waals surface area contributed by atoms with Gasteiger partial charge in [0.1, 0.15) is 6.61 Å². The van der Waals surface area contributed by atoms with E-state index in [9.17, 15) is 20.1 Å². The molecular weight excluding hydrogens is 789 g/mol. The Morgan fingerprint density at radius 2 is 1.67 bits per heavy atom. The maximum Gasteiger partial charge on any atom is 0.331 e. The quantitative estimate of drug-likeness (QED) is 0.0996. The molecule has 1 saturated heterocycles. The predicted molar refractivity (Wildman–Crippen MR) is 242 cm³/mol. The third-order valence-electron chi connectivity index (χ3n) is 18.0. The smallest absolute Gasteiger partial charge is 0.331 e. The monoisotopic (exact) mass is 861 g/mol. The summed E-state index contributed by atoms with van der Waals surface area (Å²) in [7, 11) is 0. The van der Waals surface area contributed by atoms with Gasteiger partial charge in [0.25, 0.3) is 0 Å². The van der Waals surface area contributed by atoms with E-state index in [1.54, 1.807) is 0 Å². The molecule has 5 N–H and O–H groups in total. The number of rotatable bonds is 13. The van der Waals surface area contributed by atoms with Crippen molar-refractivity contribution < 1.29 is 34.4 Å². The molecule has 2 bridgehead atoms. The van der Waals surface area contributed by atoms with Crippen molar-refractivity contribution in [2.45, 2.75) is 172 Å². The maximum absolute atomic E-state index is 15.6. The Morgan fingerprint density at radius 3 is 2.41 bits per heavy atom. The van der Waals surface area contributed by atoms with Gasteiger partial charge in [0.05, 0.1) is 34.1 Å². The number of carbonyl (C=O) groups is 2. The first-order valence-corrected chi connectivity index (χ1v) is 24.5. The van der Waals surface area contributed by atoms with E-state index in [1.807, 2.05) is 19.1 Å². The Balaban J connectivity index is 1.15. The Hall–Kier alpha value is -3.52. The standard InChI is InChI=1S/C54H72N2O7/c1-37(14-10-19-38-15-6-4-7-16-38)23-24-44(57)54-45(58)26-30-50(3)42-21-11-22-43(42)55-56-52(47(50)54)36-49(2,53(54,61)31-25-41-33-46(59)62-35-41)27-13-29-51(48(60)63-52)28-12-20-40(34-51)32-39-17-8-5-9-18-39/h4-9,15-18,33,37,40,42-45,47,55-58,61H,10-12,14,19-26,28-32,34-36H2,1-3H3. The van der Waals surface area contributed by atoms with E-state index >= 15 is 4.79 Å². The number of hydrogen-bond donors (Lipinski definition) is 5. The second-order valence-electron chi connectivity index (χ2n) is 21.9. The van der Waals surface area contributed by atoms with E-state index in [0.717, 1.165) is 63.4 Å². The molecular formula is C54H72N2O7. The fourth-order valence-electron chi connectivity index (χ4n) is 15.1. The second-order valence-corrected chi connectivity index (χ2v) is 21.9. The fraction of sp³-hybridized carbons (Fsp3) is 0.667. The molecule has 4 aliphatic carbocycles. The first kappa shape index (κ1) is 44.7. The molecule has 0 radical (unpaired) electrons. The van der Waals surface area contributed by atoms with Gasteiger partial charge in [0.15, 0.2) is 5.72 Å². The summed E-state index contributed by atoms with van der Waals surface area (Å²) in [5, 5.41) is 41.1. The molecule has 2 aromatic rings. The molecule has 0 aromatic heterocycles. The zero-order valence-corrected chi connectivity index (χ0v) is 38.0. The number of aryl methyl sites for hydroxylation is 1. The van der Waals surface area contributed by atoms with Gasteiger partial charge < -0.3 is 24.8 Å². The van der Waals surface area contributed by atoms with E-state index < -0.39 is 57.1 Å². The van der Waals surface area contributed by atoms with Crippen LogP contribution in [0.1, 0.15) is 141 Å². The summed E-state index contributed by atoms with van der Waals surface area (Å²) in [6, 6.07) is 21.2. The van der Waals surface area contributed by atoms with Gasteiger partial charge in [-0.25, -0.2) is 10.2 Å². The van der Waals surface area contributed by atoms with E-state index in [1.165, 1.54) is 17.2 Å². The van der Waals surface area contributed by atoms with Crippen LogP contribution in [0.3, 0.4) is 0 Å². The summed E-state index contributed by atoms with van der Waals surface area (Å²) in [4.78, 5) is 28.0. The van der Waals surface area contributed by atoms with Crippen LogP contribution in [0, 0.1) is 57.2 Å². The molecule has 4 saturated carbocycles. The molecule has 3 heterocycles. The van der Waals surface area contributed by atoms with E-state index in [0.29, 0.717) is 51.4 Å². The van der Waals surface area contributed by atoms with Crippen LogP contribution in [0.2, 0.25) is 0 Å². The molecule has 13 atom stereocenters. The van der Waals surface area contributed by atoms with E-state index in [4.69, 9.17) is 9.47 Å². The van der Waals surface area contributed by atoms with Crippen LogP contribution in [0.5, 0.6) is 0 Å². The van der Waals surface area contributed by atoms with Crippen molar-refractivity contribution in [3.05, 3.63) is 83.4 Å². The van der Waals surface area contributed by atoms with Crippen molar-refractivity contribution in [1.29, 1.82) is 0 Å². The highest BCUT2D eigenvalue weighted by Gasteiger charge is 2.82. The number of nitrogens with one attached hydrogen (secondary N) is 2. The molecule has 5 fully saturated rings. The Labute approximate surface area is 375 Å². The highest BCUT2D eigenvalue weighted by molar-refractivity contribution is 5.85. The zero-order chi connectivity index (χ0) is 44.1. The van der Waals surface area contributed by atoms with Crippen LogP contribution in [-0.4, -0.2) is 63.4 Å². The van der Waals surface area contributed by atoms with Gasteiger partial charge in [-0.05, 0) is 130 Å². The number of cyclic esters (lactones) is 1. The molecule has 9 rings (SSSR count). The lowest BCUT2D eigenvalue weighted by Gasteiger charge is -2.73. The zero-order valence-electron chi connectivity index (χ0n) is 38.0. The third kappa shape index (κ3) is 7.72. The minimum Gasteiger partial charge on any atom is -0.458 e. The molecule has 9 nitrogen and oxygen atoms in total. The molecule has 9 heteroatoms. The Morgan fingerprint density at radius 1 is 0.905 bits per heavy atom. The summed E-state index contributed by atoms with van der Waals surface area (Å²) in [6.07, 6.45) is 12.4. The van der Waals surface area contributed by atoms with Crippen molar-refractivity contribution in [2.75, 3.05) is 6.61 Å². The molecule has 0 amide bonds. The van der Waals surface area contributed by atoms with E-state index in [2.05, 4.69) is 85.1 Å². The van der Waals surface area contributed by atoms with Gasteiger partial charge in [-0.1, -0.05) is 106 Å². The molecule has 7 aliphatic rings. The lowest BCUT2D eigenvalue weighted by molar-refractivity contribution is -0.363. The van der Waals surface area contributed by atoms with Gasteiger partial charge in [-0.2, -0.15) is 0 Å². The van der Waals surface area contributed by atoms with Crippen molar-refractivity contribution in [2.24, 2.45) is 45.3 Å².